The van der Waals surface area contributed by atoms with Gasteiger partial charge in [0.2, 0.25) is 0 Å². The Morgan fingerprint density at radius 1 is 1.62 bits per heavy atom. The molecule has 0 aliphatic rings. The van der Waals surface area contributed by atoms with Crippen LogP contribution in [0.25, 0.3) is 0 Å². The Hall–Kier alpha value is -1.35. The van der Waals surface area contributed by atoms with Crippen LogP contribution in [0.1, 0.15) is 18.0 Å². The third kappa shape index (κ3) is 2.06. The Kier molecular flexibility index (Phi) is 3.03. The average molecular weight is 181 g/mol. The second-order valence-electron chi connectivity index (χ2n) is 2.81. The molecule has 70 valence electrons. The van der Waals surface area contributed by atoms with Gasteiger partial charge in [-0.1, -0.05) is 18.2 Å². The van der Waals surface area contributed by atoms with Crippen LogP contribution in [-0.4, -0.2) is 5.11 Å². The molecule has 1 rings (SSSR count). The van der Waals surface area contributed by atoms with Crippen LogP contribution in [0.15, 0.2) is 30.9 Å². The zero-order valence-electron chi connectivity index (χ0n) is 7.20. The molecule has 13 heavy (non-hydrogen) atoms. The fourth-order valence-corrected chi connectivity index (χ4v) is 1.14. The Bertz CT molecular complexity index is 312. The van der Waals surface area contributed by atoms with Crippen molar-refractivity contribution in [2.24, 2.45) is 5.73 Å². The second kappa shape index (κ2) is 4.05. The quantitative estimate of drug-likeness (QED) is 0.701. The maximum absolute atomic E-state index is 12.8. The standard InChI is InChI=1S/C10H12FNO/c1-2-4-9(12)7-5-3-6-8(11)10(7)13/h2-3,5-6,9,13H,1,4,12H2. The first-order valence-corrected chi connectivity index (χ1v) is 4.00. The van der Waals surface area contributed by atoms with Gasteiger partial charge >= 0.3 is 0 Å². The molecule has 1 atom stereocenters. The molecule has 0 bridgehead atoms. The predicted molar refractivity (Wildman–Crippen MR) is 49.8 cm³/mol. The van der Waals surface area contributed by atoms with Crippen molar-refractivity contribution in [1.82, 2.24) is 0 Å². The van der Waals surface area contributed by atoms with Gasteiger partial charge in [-0.25, -0.2) is 4.39 Å². The fraction of sp³-hybridized carbons (Fsp3) is 0.200. The second-order valence-corrected chi connectivity index (χ2v) is 2.81. The molecule has 0 saturated heterocycles. The molecule has 0 fully saturated rings. The van der Waals surface area contributed by atoms with E-state index < -0.39 is 11.9 Å². The number of hydrogen-bond acceptors (Lipinski definition) is 2. The number of nitrogens with two attached hydrogens (primary N) is 1. The smallest absolute Gasteiger partial charge is 0.165 e. The molecule has 1 unspecified atom stereocenters. The summed E-state index contributed by atoms with van der Waals surface area (Å²) in [6.45, 7) is 3.52. The molecular formula is C10H12FNO. The molecule has 1 aromatic rings. The van der Waals surface area contributed by atoms with E-state index in [1.165, 1.54) is 12.1 Å². The number of aromatic hydroxyl groups is 1. The monoisotopic (exact) mass is 181 g/mol. The zero-order chi connectivity index (χ0) is 9.84. The lowest BCUT2D eigenvalue weighted by molar-refractivity contribution is 0.420. The maximum Gasteiger partial charge on any atom is 0.165 e. The van der Waals surface area contributed by atoms with E-state index in [0.717, 1.165) is 0 Å². The molecular weight excluding hydrogens is 169 g/mol. The zero-order valence-corrected chi connectivity index (χ0v) is 7.20. The molecule has 0 heterocycles. The van der Waals surface area contributed by atoms with Gasteiger partial charge in [-0.05, 0) is 12.5 Å². The highest BCUT2D eigenvalue weighted by molar-refractivity contribution is 5.36. The van der Waals surface area contributed by atoms with Crippen molar-refractivity contribution >= 4 is 0 Å². The summed E-state index contributed by atoms with van der Waals surface area (Å²) in [6.07, 6.45) is 2.14. The van der Waals surface area contributed by atoms with E-state index >= 15 is 0 Å². The summed E-state index contributed by atoms with van der Waals surface area (Å²) in [5, 5.41) is 9.31. The van der Waals surface area contributed by atoms with Crippen LogP contribution >= 0.6 is 0 Å². The third-order valence-corrected chi connectivity index (χ3v) is 1.84. The average Bonchev–Trinajstić information content (AvgIpc) is 2.10. The van der Waals surface area contributed by atoms with Crippen molar-refractivity contribution in [1.29, 1.82) is 0 Å². The highest BCUT2D eigenvalue weighted by Crippen LogP contribution is 2.27. The molecule has 0 radical (unpaired) electrons. The van der Waals surface area contributed by atoms with Crippen LogP contribution in [0.5, 0.6) is 5.75 Å². The molecule has 0 spiro atoms. The summed E-state index contributed by atoms with van der Waals surface area (Å²) in [5.41, 5.74) is 6.09. The van der Waals surface area contributed by atoms with Gasteiger partial charge in [-0.3, -0.25) is 0 Å². The summed E-state index contributed by atoms with van der Waals surface area (Å²) in [6, 6.07) is 3.92. The summed E-state index contributed by atoms with van der Waals surface area (Å²) in [5.74, 6) is -1.01. The highest BCUT2D eigenvalue weighted by Gasteiger charge is 2.11. The number of hydrogen-bond donors (Lipinski definition) is 2. The molecule has 3 N–H and O–H groups in total. The van der Waals surface area contributed by atoms with E-state index in [4.69, 9.17) is 5.73 Å². The molecule has 0 aliphatic carbocycles. The van der Waals surface area contributed by atoms with Gasteiger partial charge in [0.1, 0.15) is 0 Å². The van der Waals surface area contributed by atoms with E-state index in [1.54, 1.807) is 12.1 Å². The number of rotatable bonds is 3. The van der Waals surface area contributed by atoms with E-state index in [-0.39, 0.29) is 5.75 Å². The third-order valence-electron chi connectivity index (χ3n) is 1.84. The molecule has 0 aliphatic heterocycles. The van der Waals surface area contributed by atoms with Gasteiger partial charge in [-0.2, -0.15) is 0 Å². The molecule has 2 nitrogen and oxygen atoms in total. The lowest BCUT2D eigenvalue weighted by Gasteiger charge is -2.11. The van der Waals surface area contributed by atoms with Gasteiger partial charge in [0.15, 0.2) is 11.6 Å². The van der Waals surface area contributed by atoms with E-state index in [0.29, 0.717) is 12.0 Å². The summed E-state index contributed by atoms with van der Waals surface area (Å²) >= 11 is 0. The van der Waals surface area contributed by atoms with Gasteiger partial charge in [0, 0.05) is 11.6 Å². The molecule has 1 aromatic carbocycles. The largest absolute Gasteiger partial charge is 0.505 e. The summed E-state index contributed by atoms with van der Waals surface area (Å²) in [4.78, 5) is 0. The number of benzene rings is 1. The number of phenols is 1. The van der Waals surface area contributed by atoms with Crippen molar-refractivity contribution in [3.05, 3.63) is 42.2 Å². The molecule has 0 saturated carbocycles. The van der Waals surface area contributed by atoms with Crippen molar-refractivity contribution in [3.63, 3.8) is 0 Å². The minimum absolute atomic E-state index is 0.364. The molecule has 0 aromatic heterocycles. The number of phenolic OH excluding ortho intramolecular Hbond substituents is 1. The van der Waals surface area contributed by atoms with Crippen LogP contribution in [0.4, 0.5) is 4.39 Å². The first kappa shape index (κ1) is 9.74. The minimum atomic E-state index is -0.642. The van der Waals surface area contributed by atoms with Crippen molar-refractivity contribution in [2.45, 2.75) is 12.5 Å². The first-order chi connectivity index (χ1) is 6.16. The Morgan fingerprint density at radius 3 is 2.92 bits per heavy atom. The lowest BCUT2D eigenvalue weighted by Crippen LogP contribution is -2.09. The van der Waals surface area contributed by atoms with Gasteiger partial charge in [-0.15, -0.1) is 6.58 Å². The van der Waals surface area contributed by atoms with Crippen molar-refractivity contribution < 1.29 is 9.50 Å². The van der Waals surface area contributed by atoms with Gasteiger partial charge in [0.25, 0.3) is 0 Å². The summed E-state index contributed by atoms with van der Waals surface area (Å²) < 4.78 is 12.8. The van der Waals surface area contributed by atoms with Crippen molar-refractivity contribution in [3.8, 4) is 5.75 Å². The van der Waals surface area contributed by atoms with Gasteiger partial charge < -0.3 is 10.8 Å². The SMILES string of the molecule is C=CCC(N)c1cccc(F)c1O. The van der Waals surface area contributed by atoms with Crippen LogP contribution in [0.3, 0.4) is 0 Å². The fourth-order valence-electron chi connectivity index (χ4n) is 1.14. The van der Waals surface area contributed by atoms with Crippen LogP contribution < -0.4 is 5.73 Å². The highest BCUT2D eigenvalue weighted by atomic mass is 19.1. The Morgan fingerprint density at radius 2 is 2.31 bits per heavy atom. The van der Waals surface area contributed by atoms with Crippen LogP contribution in [-0.2, 0) is 0 Å². The van der Waals surface area contributed by atoms with E-state index in [9.17, 15) is 9.50 Å². The lowest BCUT2D eigenvalue weighted by atomic mass is 10.0. The summed E-state index contributed by atoms with van der Waals surface area (Å²) in [7, 11) is 0. The molecule has 0 amide bonds. The maximum atomic E-state index is 12.8. The normalized spacial score (nSPS) is 12.5. The van der Waals surface area contributed by atoms with Crippen molar-refractivity contribution in [2.75, 3.05) is 0 Å². The van der Waals surface area contributed by atoms with E-state index in [2.05, 4.69) is 6.58 Å². The number of halogens is 1. The number of para-hydroxylation sites is 1. The Balaban J connectivity index is 3.00. The molecule has 3 heteroatoms. The first-order valence-electron chi connectivity index (χ1n) is 4.00. The minimum Gasteiger partial charge on any atom is -0.505 e. The predicted octanol–water partition coefficient (Wildman–Crippen LogP) is 2.11. The Labute approximate surface area is 76.5 Å². The van der Waals surface area contributed by atoms with Gasteiger partial charge in [0.05, 0.1) is 0 Å². The topological polar surface area (TPSA) is 46.2 Å². The van der Waals surface area contributed by atoms with Crippen LogP contribution in [0.2, 0.25) is 0 Å². The van der Waals surface area contributed by atoms with E-state index in [1.807, 2.05) is 0 Å². The van der Waals surface area contributed by atoms with Crippen LogP contribution in [0, 0.1) is 5.82 Å².